The van der Waals surface area contributed by atoms with E-state index in [1.54, 1.807) is 0 Å². The van der Waals surface area contributed by atoms with Crippen LogP contribution in [0.3, 0.4) is 0 Å². The number of hydrogen-bond acceptors (Lipinski definition) is 1. The van der Waals surface area contributed by atoms with E-state index in [1.165, 1.54) is 16.7 Å². The number of nitrogens with one attached hydrogen (secondary N) is 1. The van der Waals surface area contributed by atoms with E-state index < -0.39 is 0 Å². The quantitative estimate of drug-likeness (QED) is 0.819. The number of benzene rings is 2. The highest BCUT2D eigenvalue weighted by Crippen LogP contribution is 2.22. The Bertz CT molecular complexity index is 546. The molecule has 0 aliphatic carbocycles. The van der Waals surface area contributed by atoms with Crippen molar-refractivity contribution in [3.8, 4) is 0 Å². The predicted molar refractivity (Wildman–Crippen MR) is 87.5 cm³/mol. The number of halogens is 1. The van der Waals surface area contributed by atoms with E-state index in [1.807, 2.05) is 25.2 Å². The molecule has 20 heavy (non-hydrogen) atoms. The third-order valence-corrected chi connectivity index (χ3v) is 3.92. The Morgan fingerprint density at radius 1 is 1.00 bits per heavy atom. The average Bonchev–Trinajstić information content (AvgIpc) is 2.45. The summed E-state index contributed by atoms with van der Waals surface area (Å²) in [5.74, 6) is 0.574. The molecule has 2 aromatic carbocycles. The van der Waals surface area contributed by atoms with Crippen molar-refractivity contribution in [2.24, 2.45) is 0 Å². The molecule has 0 heterocycles. The van der Waals surface area contributed by atoms with Crippen LogP contribution in [-0.2, 0) is 6.42 Å². The second-order valence-electron chi connectivity index (χ2n) is 5.50. The van der Waals surface area contributed by atoms with E-state index in [9.17, 15) is 0 Å². The SMILES string of the molecule is CNC(Cc1cccc(Cl)c1)c1ccc(C(C)C)cc1. The summed E-state index contributed by atoms with van der Waals surface area (Å²) in [6.07, 6.45) is 0.943. The van der Waals surface area contributed by atoms with Crippen LogP contribution < -0.4 is 5.32 Å². The first kappa shape index (κ1) is 15.1. The summed E-state index contributed by atoms with van der Waals surface area (Å²) < 4.78 is 0. The molecule has 1 atom stereocenters. The lowest BCUT2D eigenvalue weighted by atomic mass is 9.95. The molecule has 0 spiro atoms. The molecule has 0 aliphatic rings. The molecule has 0 amide bonds. The van der Waals surface area contributed by atoms with E-state index in [0.29, 0.717) is 12.0 Å². The zero-order chi connectivity index (χ0) is 14.5. The third-order valence-electron chi connectivity index (χ3n) is 3.68. The van der Waals surface area contributed by atoms with E-state index in [-0.39, 0.29) is 0 Å². The largest absolute Gasteiger partial charge is 0.313 e. The van der Waals surface area contributed by atoms with Gasteiger partial charge in [-0.2, -0.15) is 0 Å². The minimum absolute atomic E-state index is 0.315. The van der Waals surface area contributed by atoms with Crippen LogP contribution in [0.1, 0.15) is 42.5 Å². The van der Waals surface area contributed by atoms with Crippen molar-refractivity contribution in [2.75, 3.05) is 7.05 Å². The van der Waals surface area contributed by atoms with Gasteiger partial charge in [0.15, 0.2) is 0 Å². The Morgan fingerprint density at radius 2 is 1.65 bits per heavy atom. The fraction of sp³-hybridized carbons (Fsp3) is 0.333. The molecule has 1 unspecified atom stereocenters. The molecule has 2 aromatic rings. The maximum Gasteiger partial charge on any atom is 0.0408 e. The van der Waals surface area contributed by atoms with Crippen LogP contribution in [0.25, 0.3) is 0 Å². The first-order chi connectivity index (χ1) is 9.60. The Morgan fingerprint density at radius 3 is 2.20 bits per heavy atom. The van der Waals surface area contributed by atoms with Crippen LogP contribution in [-0.4, -0.2) is 7.05 Å². The van der Waals surface area contributed by atoms with Gasteiger partial charge in [-0.15, -0.1) is 0 Å². The summed E-state index contributed by atoms with van der Waals surface area (Å²) in [5, 5.41) is 4.19. The molecular weight excluding hydrogens is 266 g/mol. The van der Waals surface area contributed by atoms with Gasteiger partial charge >= 0.3 is 0 Å². The Hall–Kier alpha value is -1.31. The van der Waals surface area contributed by atoms with Gasteiger partial charge in [-0.3, -0.25) is 0 Å². The van der Waals surface area contributed by atoms with Gasteiger partial charge in [0.2, 0.25) is 0 Å². The van der Waals surface area contributed by atoms with Crippen molar-refractivity contribution in [3.63, 3.8) is 0 Å². The molecule has 106 valence electrons. The maximum atomic E-state index is 6.05. The molecule has 0 saturated carbocycles. The van der Waals surface area contributed by atoms with Crippen molar-refractivity contribution >= 4 is 11.6 Å². The predicted octanol–water partition coefficient (Wildman–Crippen LogP) is 4.97. The highest BCUT2D eigenvalue weighted by Gasteiger charge is 2.10. The fourth-order valence-corrected chi connectivity index (χ4v) is 2.61. The molecule has 0 fully saturated rings. The number of rotatable bonds is 5. The number of likely N-dealkylation sites (N-methyl/N-ethyl adjacent to an activating group) is 1. The Labute approximate surface area is 127 Å². The highest BCUT2D eigenvalue weighted by molar-refractivity contribution is 6.30. The summed E-state index contributed by atoms with van der Waals surface area (Å²) in [6.45, 7) is 4.44. The minimum Gasteiger partial charge on any atom is -0.313 e. The van der Waals surface area contributed by atoms with Crippen molar-refractivity contribution in [3.05, 3.63) is 70.2 Å². The van der Waals surface area contributed by atoms with E-state index in [0.717, 1.165) is 11.4 Å². The van der Waals surface area contributed by atoms with Crippen LogP contribution in [0.15, 0.2) is 48.5 Å². The van der Waals surface area contributed by atoms with Crippen LogP contribution in [0.4, 0.5) is 0 Å². The smallest absolute Gasteiger partial charge is 0.0408 e. The van der Waals surface area contributed by atoms with Gasteiger partial charge in [-0.05, 0) is 48.2 Å². The van der Waals surface area contributed by atoms with Gasteiger partial charge in [0.25, 0.3) is 0 Å². The van der Waals surface area contributed by atoms with Crippen molar-refractivity contribution in [2.45, 2.75) is 32.2 Å². The van der Waals surface area contributed by atoms with E-state index >= 15 is 0 Å². The van der Waals surface area contributed by atoms with Gasteiger partial charge in [0.1, 0.15) is 0 Å². The molecule has 0 saturated heterocycles. The Kier molecular flexibility index (Phi) is 5.22. The molecule has 0 aromatic heterocycles. The van der Waals surface area contributed by atoms with E-state index in [4.69, 9.17) is 11.6 Å². The summed E-state index contributed by atoms with van der Waals surface area (Å²) in [7, 11) is 2.01. The molecule has 2 heteroatoms. The Balaban J connectivity index is 2.15. The van der Waals surface area contributed by atoms with Gasteiger partial charge < -0.3 is 5.32 Å². The number of hydrogen-bond donors (Lipinski definition) is 1. The lowest BCUT2D eigenvalue weighted by Crippen LogP contribution is -2.18. The van der Waals surface area contributed by atoms with Crippen LogP contribution >= 0.6 is 11.6 Å². The summed E-state index contributed by atoms with van der Waals surface area (Å²) in [6, 6.07) is 17.3. The lowest BCUT2D eigenvalue weighted by molar-refractivity contribution is 0.591. The zero-order valence-electron chi connectivity index (χ0n) is 12.4. The van der Waals surface area contributed by atoms with Gasteiger partial charge in [-0.1, -0.05) is 61.8 Å². The minimum atomic E-state index is 0.315. The van der Waals surface area contributed by atoms with Gasteiger partial charge in [-0.25, -0.2) is 0 Å². The second-order valence-corrected chi connectivity index (χ2v) is 5.93. The first-order valence-corrected chi connectivity index (χ1v) is 7.49. The van der Waals surface area contributed by atoms with Crippen LogP contribution in [0.2, 0.25) is 5.02 Å². The molecule has 1 nitrogen and oxygen atoms in total. The van der Waals surface area contributed by atoms with Crippen molar-refractivity contribution in [1.82, 2.24) is 5.32 Å². The van der Waals surface area contributed by atoms with Crippen LogP contribution in [0, 0.1) is 0 Å². The topological polar surface area (TPSA) is 12.0 Å². The normalized spacial score (nSPS) is 12.7. The van der Waals surface area contributed by atoms with Crippen molar-refractivity contribution < 1.29 is 0 Å². The zero-order valence-corrected chi connectivity index (χ0v) is 13.1. The van der Waals surface area contributed by atoms with E-state index in [2.05, 4.69) is 49.5 Å². The molecular formula is C18H22ClN. The molecule has 0 bridgehead atoms. The monoisotopic (exact) mass is 287 g/mol. The molecule has 1 N–H and O–H groups in total. The third kappa shape index (κ3) is 3.84. The van der Waals surface area contributed by atoms with Crippen LogP contribution in [0.5, 0.6) is 0 Å². The summed E-state index contributed by atoms with van der Waals surface area (Å²) in [4.78, 5) is 0. The molecule has 2 rings (SSSR count). The van der Waals surface area contributed by atoms with Crippen molar-refractivity contribution in [1.29, 1.82) is 0 Å². The van der Waals surface area contributed by atoms with Gasteiger partial charge in [0, 0.05) is 11.1 Å². The molecule has 0 radical (unpaired) electrons. The maximum absolute atomic E-state index is 6.05. The lowest BCUT2D eigenvalue weighted by Gasteiger charge is -2.18. The second kappa shape index (κ2) is 6.92. The standard InChI is InChI=1S/C18H22ClN/c1-13(2)15-7-9-16(10-8-15)18(20-3)12-14-5-4-6-17(19)11-14/h4-11,13,18,20H,12H2,1-3H3. The summed E-state index contributed by atoms with van der Waals surface area (Å²) in [5.41, 5.74) is 3.95. The van der Waals surface area contributed by atoms with Gasteiger partial charge in [0.05, 0.1) is 0 Å². The molecule has 0 aliphatic heterocycles. The fourth-order valence-electron chi connectivity index (χ4n) is 2.40. The summed E-state index contributed by atoms with van der Waals surface area (Å²) >= 11 is 6.05. The first-order valence-electron chi connectivity index (χ1n) is 7.11. The average molecular weight is 288 g/mol. The highest BCUT2D eigenvalue weighted by atomic mass is 35.5.